The van der Waals surface area contributed by atoms with Crippen molar-refractivity contribution < 1.29 is 0 Å². The molecule has 90 valence electrons. The average Bonchev–Trinajstić information content (AvgIpc) is 2.39. The molecule has 1 heterocycles. The van der Waals surface area contributed by atoms with Crippen LogP contribution in [0.2, 0.25) is 0 Å². The van der Waals surface area contributed by atoms with Gasteiger partial charge in [-0.3, -0.25) is 4.98 Å². The van der Waals surface area contributed by atoms with Gasteiger partial charge in [-0.2, -0.15) is 0 Å². The van der Waals surface area contributed by atoms with E-state index in [2.05, 4.69) is 30.4 Å². The standard InChI is InChI=1S/C11H16N2S.C2H6/c1-5-8-9(6-2)13-11(14-4)10(7-3)12-8;1-2/h6H,2,5,7H2,1,3-4H3;1-2H3. The summed E-state index contributed by atoms with van der Waals surface area (Å²) in [7, 11) is 0. The summed E-state index contributed by atoms with van der Waals surface area (Å²) in [6.07, 6.45) is 5.66. The zero-order valence-corrected chi connectivity index (χ0v) is 11.8. The Kier molecular flexibility index (Phi) is 7.90. The molecule has 0 atom stereocenters. The quantitative estimate of drug-likeness (QED) is 0.742. The summed E-state index contributed by atoms with van der Waals surface area (Å²) in [5, 5.41) is 1.03. The van der Waals surface area contributed by atoms with E-state index in [1.54, 1.807) is 17.8 Å². The molecule has 0 radical (unpaired) electrons. The minimum Gasteiger partial charge on any atom is -0.253 e. The largest absolute Gasteiger partial charge is 0.253 e. The van der Waals surface area contributed by atoms with E-state index in [9.17, 15) is 0 Å². The van der Waals surface area contributed by atoms with Crippen LogP contribution >= 0.6 is 11.8 Å². The number of nitrogens with zero attached hydrogens (tertiary/aromatic N) is 2. The summed E-state index contributed by atoms with van der Waals surface area (Å²) in [4.78, 5) is 9.13. The van der Waals surface area contributed by atoms with Gasteiger partial charge in [0, 0.05) is 0 Å². The highest BCUT2D eigenvalue weighted by Gasteiger charge is 2.08. The Labute approximate surface area is 104 Å². The zero-order valence-electron chi connectivity index (χ0n) is 11.0. The second-order valence-corrected chi connectivity index (χ2v) is 3.72. The van der Waals surface area contributed by atoms with Crippen LogP contribution in [0.3, 0.4) is 0 Å². The van der Waals surface area contributed by atoms with Crippen LogP contribution in [-0.2, 0) is 12.8 Å². The van der Waals surface area contributed by atoms with Gasteiger partial charge in [0.05, 0.1) is 17.1 Å². The Balaban J connectivity index is 0.00000106. The Morgan fingerprint density at radius 2 is 1.69 bits per heavy atom. The molecule has 0 aliphatic carbocycles. The maximum Gasteiger partial charge on any atom is 0.118 e. The van der Waals surface area contributed by atoms with E-state index in [1.165, 1.54) is 0 Å². The van der Waals surface area contributed by atoms with E-state index in [1.807, 2.05) is 20.1 Å². The second kappa shape index (κ2) is 8.34. The molecule has 0 fully saturated rings. The normalized spacial score (nSPS) is 9.31. The minimum absolute atomic E-state index is 0.913. The van der Waals surface area contributed by atoms with Crippen molar-refractivity contribution in [2.24, 2.45) is 0 Å². The van der Waals surface area contributed by atoms with Crippen LogP contribution in [0.5, 0.6) is 0 Å². The van der Waals surface area contributed by atoms with E-state index in [0.29, 0.717) is 0 Å². The highest BCUT2D eigenvalue weighted by atomic mass is 32.2. The molecule has 16 heavy (non-hydrogen) atoms. The Morgan fingerprint density at radius 3 is 2.06 bits per heavy atom. The van der Waals surface area contributed by atoms with E-state index < -0.39 is 0 Å². The molecule has 0 spiro atoms. The number of aryl methyl sites for hydroxylation is 2. The van der Waals surface area contributed by atoms with Crippen molar-refractivity contribution in [1.29, 1.82) is 0 Å². The van der Waals surface area contributed by atoms with Crippen molar-refractivity contribution in [2.45, 2.75) is 45.6 Å². The highest BCUT2D eigenvalue weighted by Crippen LogP contribution is 2.19. The fourth-order valence-corrected chi connectivity index (χ4v) is 1.94. The van der Waals surface area contributed by atoms with Gasteiger partial charge in [-0.05, 0) is 25.2 Å². The van der Waals surface area contributed by atoms with Crippen LogP contribution in [0.4, 0.5) is 0 Å². The number of thioether (sulfide) groups is 1. The van der Waals surface area contributed by atoms with Gasteiger partial charge in [-0.15, -0.1) is 11.8 Å². The summed E-state index contributed by atoms with van der Waals surface area (Å²) in [5.41, 5.74) is 3.07. The first-order valence-electron chi connectivity index (χ1n) is 5.83. The van der Waals surface area contributed by atoms with Crippen LogP contribution < -0.4 is 0 Å². The topological polar surface area (TPSA) is 25.8 Å². The molecule has 0 aromatic carbocycles. The predicted molar refractivity (Wildman–Crippen MR) is 74.0 cm³/mol. The van der Waals surface area contributed by atoms with E-state index >= 15 is 0 Å². The number of rotatable bonds is 4. The third kappa shape index (κ3) is 3.63. The van der Waals surface area contributed by atoms with E-state index in [4.69, 9.17) is 0 Å². The van der Waals surface area contributed by atoms with Gasteiger partial charge < -0.3 is 0 Å². The summed E-state index contributed by atoms with van der Waals surface area (Å²) >= 11 is 1.65. The molecule has 0 amide bonds. The summed E-state index contributed by atoms with van der Waals surface area (Å²) < 4.78 is 0. The maximum absolute atomic E-state index is 4.60. The van der Waals surface area contributed by atoms with E-state index in [0.717, 1.165) is 34.9 Å². The average molecular weight is 238 g/mol. The monoisotopic (exact) mass is 238 g/mol. The van der Waals surface area contributed by atoms with Crippen LogP contribution in [0.1, 0.15) is 44.8 Å². The van der Waals surface area contributed by atoms with Crippen molar-refractivity contribution in [3.63, 3.8) is 0 Å². The molecule has 0 saturated carbocycles. The lowest BCUT2D eigenvalue weighted by molar-refractivity contribution is 0.851. The summed E-state index contributed by atoms with van der Waals surface area (Å²) in [5.74, 6) is 0. The summed E-state index contributed by atoms with van der Waals surface area (Å²) in [6.45, 7) is 12.0. The molecule has 1 aromatic heterocycles. The Bertz CT molecular complexity index is 335. The van der Waals surface area contributed by atoms with Crippen molar-refractivity contribution in [1.82, 2.24) is 9.97 Å². The molecule has 0 N–H and O–H groups in total. The Morgan fingerprint density at radius 1 is 1.12 bits per heavy atom. The molecule has 0 bridgehead atoms. The fraction of sp³-hybridized carbons (Fsp3) is 0.538. The number of aromatic nitrogens is 2. The van der Waals surface area contributed by atoms with Gasteiger partial charge in [-0.1, -0.05) is 34.3 Å². The molecule has 1 aromatic rings. The third-order valence-electron chi connectivity index (χ3n) is 2.09. The molecule has 0 aliphatic rings. The lowest BCUT2D eigenvalue weighted by Crippen LogP contribution is -2.03. The van der Waals surface area contributed by atoms with Crippen molar-refractivity contribution in [3.05, 3.63) is 23.7 Å². The van der Waals surface area contributed by atoms with Crippen LogP contribution in [0, 0.1) is 0 Å². The first-order chi connectivity index (χ1) is 7.76. The highest BCUT2D eigenvalue weighted by molar-refractivity contribution is 7.98. The molecular weight excluding hydrogens is 216 g/mol. The molecule has 2 nitrogen and oxygen atoms in total. The molecule has 0 aliphatic heterocycles. The third-order valence-corrected chi connectivity index (χ3v) is 2.80. The molecule has 0 saturated heterocycles. The lowest BCUT2D eigenvalue weighted by atomic mass is 10.2. The van der Waals surface area contributed by atoms with Gasteiger partial charge in [0.25, 0.3) is 0 Å². The van der Waals surface area contributed by atoms with Crippen molar-refractivity contribution in [2.75, 3.05) is 6.26 Å². The van der Waals surface area contributed by atoms with Crippen LogP contribution in [0.25, 0.3) is 6.08 Å². The smallest absolute Gasteiger partial charge is 0.118 e. The SMILES string of the molecule is C=Cc1nc(SC)c(CC)nc1CC.CC. The van der Waals surface area contributed by atoms with Gasteiger partial charge in [0.2, 0.25) is 0 Å². The zero-order chi connectivity index (χ0) is 12.6. The van der Waals surface area contributed by atoms with Crippen molar-refractivity contribution in [3.8, 4) is 0 Å². The lowest BCUT2D eigenvalue weighted by Gasteiger charge is -2.08. The van der Waals surface area contributed by atoms with Gasteiger partial charge >= 0.3 is 0 Å². The van der Waals surface area contributed by atoms with Crippen LogP contribution in [0.15, 0.2) is 11.6 Å². The molecule has 1 rings (SSSR count). The first kappa shape index (κ1) is 15.2. The molecular formula is C13H22N2S. The second-order valence-electron chi connectivity index (χ2n) is 2.92. The van der Waals surface area contributed by atoms with Crippen molar-refractivity contribution >= 4 is 17.8 Å². The Hall–Kier alpha value is -0.830. The van der Waals surface area contributed by atoms with Crippen LogP contribution in [-0.4, -0.2) is 16.2 Å². The summed E-state index contributed by atoms with van der Waals surface area (Å²) in [6, 6.07) is 0. The maximum atomic E-state index is 4.60. The fourth-order valence-electron chi connectivity index (χ4n) is 1.32. The van der Waals surface area contributed by atoms with Gasteiger partial charge in [0.15, 0.2) is 0 Å². The number of hydrogen-bond acceptors (Lipinski definition) is 3. The van der Waals surface area contributed by atoms with Gasteiger partial charge in [0.1, 0.15) is 5.03 Å². The van der Waals surface area contributed by atoms with E-state index in [-0.39, 0.29) is 0 Å². The molecule has 0 unspecified atom stereocenters. The minimum atomic E-state index is 0.913. The van der Waals surface area contributed by atoms with Gasteiger partial charge in [-0.25, -0.2) is 4.98 Å². The number of hydrogen-bond donors (Lipinski definition) is 0. The molecule has 3 heteroatoms. The predicted octanol–water partition coefficient (Wildman–Crippen LogP) is 3.99. The first-order valence-corrected chi connectivity index (χ1v) is 7.05.